The second-order valence-electron chi connectivity index (χ2n) is 3.39. The van der Waals surface area contributed by atoms with E-state index < -0.39 is 11.9 Å². The van der Waals surface area contributed by atoms with Gasteiger partial charge in [-0.05, 0) is 19.3 Å². The first-order valence-corrected chi connectivity index (χ1v) is 4.44. The highest BCUT2D eigenvalue weighted by Crippen LogP contribution is 2.18. The van der Waals surface area contributed by atoms with E-state index >= 15 is 0 Å². The highest BCUT2D eigenvalue weighted by atomic mass is 16.2. The molecule has 0 aromatic carbocycles. The summed E-state index contributed by atoms with van der Waals surface area (Å²) in [6, 6.07) is -0.291. The molecule has 0 saturated heterocycles. The van der Waals surface area contributed by atoms with Crippen LogP contribution in [0.1, 0.15) is 25.7 Å². The molecule has 0 bridgehead atoms. The SMILES string of the molecule is NC(=O)CCC(N)C(=O)NC1CC1. The molecule has 5 N–H and O–H groups in total. The van der Waals surface area contributed by atoms with Gasteiger partial charge in [0.1, 0.15) is 0 Å². The number of amides is 2. The summed E-state index contributed by atoms with van der Waals surface area (Å²) in [6.45, 7) is 0. The summed E-state index contributed by atoms with van der Waals surface area (Å²) in [7, 11) is 0. The van der Waals surface area contributed by atoms with Gasteiger partial charge in [-0.1, -0.05) is 0 Å². The maximum absolute atomic E-state index is 11.2. The molecule has 5 heteroatoms. The zero-order valence-corrected chi connectivity index (χ0v) is 7.45. The van der Waals surface area contributed by atoms with Crippen LogP contribution in [-0.4, -0.2) is 23.9 Å². The number of carbonyl (C=O) groups excluding carboxylic acids is 2. The third-order valence-electron chi connectivity index (χ3n) is 1.96. The molecule has 1 atom stereocenters. The van der Waals surface area contributed by atoms with E-state index in [4.69, 9.17) is 11.5 Å². The van der Waals surface area contributed by atoms with Gasteiger partial charge in [-0.15, -0.1) is 0 Å². The lowest BCUT2D eigenvalue weighted by Gasteiger charge is -2.09. The van der Waals surface area contributed by atoms with Gasteiger partial charge < -0.3 is 16.8 Å². The lowest BCUT2D eigenvalue weighted by molar-refractivity contribution is -0.123. The van der Waals surface area contributed by atoms with Crippen molar-refractivity contribution in [2.75, 3.05) is 0 Å². The van der Waals surface area contributed by atoms with Gasteiger partial charge in [0, 0.05) is 12.5 Å². The van der Waals surface area contributed by atoms with Crippen molar-refractivity contribution >= 4 is 11.8 Å². The van der Waals surface area contributed by atoms with Gasteiger partial charge in [-0.3, -0.25) is 9.59 Å². The standard InChI is InChI=1S/C8H15N3O2/c9-6(3-4-7(10)12)8(13)11-5-1-2-5/h5-6H,1-4,9H2,(H2,10,12)(H,11,13). The van der Waals surface area contributed by atoms with E-state index in [1.807, 2.05) is 0 Å². The molecule has 5 nitrogen and oxygen atoms in total. The summed E-state index contributed by atoms with van der Waals surface area (Å²) >= 11 is 0. The molecule has 2 amide bonds. The average molecular weight is 185 g/mol. The van der Waals surface area contributed by atoms with Crippen LogP contribution in [0.2, 0.25) is 0 Å². The maximum Gasteiger partial charge on any atom is 0.237 e. The summed E-state index contributed by atoms with van der Waals surface area (Å²) in [5.41, 5.74) is 10.5. The summed E-state index contributed by atoms with van der Waals surface area (Å²) < 4.78 is 0. The fraction of sp³-hybridized carbons (Fsp3) is 0.750. The Labute approximate surface area is 76.8 Å². The largest absolute Gasteiger partial charge is 0.370 e. The van der Waals surface area contributed by atoms with E-state index in [0.717, 1.165) is 12.8 Å². The third-order valence-corrected chi connectivity index (χ3v) is 1.96. The number of hydrogen-bond donors (Lipinski definition) is 3. The Kier molecular flexibility index (Phi) is 3.25. The molecule has 74 valence electrons. The highest BCUT2D eigenvalue weighted by Gasteiger charge is 2.25. The quantitative estimate of drug-likeness (QED) is 0.504. The van der Waals surface area contributed by atoms with Crippen molar-refractivity contribution < 1.29 is 9.59 Å². The molecule has 1 aliphatic carbocycles. The fourth-order valence-corrected chi connectivity index (χ4v) is 0.965. The number of primary amides is 1. The zero-order chi connectivity index (χ0) is 9.84. The zero-order valence-electron chi connectivity index (χ0n) is 7.45. The molecular weight excluding hydrogens is 170 g/mol. The molecule has 0 heterocycles. The second kappa shape index (κ2) is 4.23. The number of carbonyl (C=O) groups is 2. The van der Waals surface area contributed by atoms with E-state index in [1.165, 1.54) is 0 Å². The Morgan fingerprint density at radius 1 is 1.46 bits per heavy atom. The average Bonchev–Trinajstić information content (AvgIpc) is 2.83. The molecule has 0 aliphatic heterocycles. The molecule has 13 heavy (non-hydrogen) atoms. The molecule has 0 spiro atoms. The monoisotopic (exact) mass is 185 g/mol. The predicted molar refractivity (Wildman–Crippen MR) is 47.6 cm³/mol. The van der Waals surface area contributed by atoms with E-state index in [0.29, 0.717) is 12.5 Å². The Morgan fingerprint density at radius 2 is 2.08 bits per heavy atom. The van der Waals surface area contributed by atoms with Crippen LogP contribution in [0.25, 0.3) is 0 Å². The van der Waals surface area contributed by atoms with Crippen LogP contribution in [0.5, 0.6) is 0 Å². The maximum atomic E-state index is 11.2. The second-order valence-corrected chi connectivity index (χ2v) is 3.39. The third kappa shape index (κ3) is 3.89. The van der Waals surface area contributed by atoms with Crippen LogP contribution in [0.4, 0.5) is 0 Å². The summed E-state index contributed by atoms with van der Waals surface area (Å²) in [5.74, 6) is -0.599. The van der Waals surface area contributed by atoms with Crippen molar-refractivity contribution in [1.82, 2.24) is 5.32 Å². The van der Waals surface area contributed by atoms with Crippen molar-refractivity contribution in [1.29, 1.82) is 0 Å². The first-order chi connectivity index (χ1) is 6.09. The van der Waals surface area contributed by atoms with Crippen molar-refractivity contribution in [3.63, 3.8) is 0 Å². The van der Waals surface area contributed by atoms with Gasteiger partial charge in [-0.25, -0.2) is 0 Å². The molecule has 1 rings (SSSR count). The minimum atomic E-state index is -0.604. The Balaban J connectivity index is 2.16. The first kappa shape index (κ1) is 9.98. The molecule has 0 aromatic rings. The first-order valence-electron chi connectivity index (χ1n) is 4.44. The molecule has 0 aromatic heterocycles. The molecule has 1 unspecified atom stereocenters. The molecular formula is C8H15N3O2. The van der Waals surface area contributed by atoms with Crippen LogP contribution in [0.15, 0.2) is 0 Å². The van der Waals surface area contributed by atoms with Crippen molar-refractivity contribution in [3.05, 3.63) is 0 Å². The molecule has 0 radical (unpaired) electrons. The highest BCUT2D eigenvalue weighted by molar-refractivity contribution is 5.83. The summed E-state index contributed by atoms with van der Waals surface area (Å²) in [4.78, 5) is 21.6. The normalized spacial score (nSPS) is 17.9. The van der Waals surface area contributed by atoms with Crippen LogP contribution in [0, 0.1) is 0 Å². The van der Waals surface area contributed by atoms with Crippen molar-refractivity contribution in [2.24, 2.45) is 11.5 Å². The number of rotatable bonds is 5. The Morgan fingerprint density at radius 3 is 2.54 bits per heavy atom. The van der Waals surface area contributed by atoms with Gasteiger partial charge in [0.15, 0.2) is 0 Å². The summed E-state index contributed by atoms with van der Waals surface area (Å²) in [6.07, 6.45) is 2.57. The molecule has 1 fully saturated rings. The summed E-state index contributed by atoms with van der Waals surface area (Å²) in [5, 5.41) is 2.76. The van der Waals surface area contributed by atoms with Gasteiger partial charge >= 0.3 is 0 Å². The van der Waals surface area contributed by atoms with Gasteiger partial charge in [0.2, 0.25) is 11.8 Å². The van der Waals surface area contributed by atoms with Crippen LogP contribution in [0.3, 0.4) is 0 Å². The predicted octanol–water partition coefficient (Wildman–Crippen LogP) is -1.14. The number of hydrogen-bond acceptors (Lipinski definition) is 3. The van der Waals surface area contributed by atoms with E-state index in [1.54, 1.807) is 0 Å². The fourth-order valence-electron chi connectivity index (χ4n) is 0.965. The molecule has 1 aliphatic rings. The Bertz CT molecular complexity index is 213. The van der Waals surface area contributed by atoms with Gasteiger partial charge in [0.25, 0.3) is 0 Å². The van der Waals surface area contributed by atoms with Crippen LogP contribution < -0.4 is 16.8 Å². The lowest BCUT2D eigenvalue weighted by atomic mass is 10.1. The smallest absolute Gasteiger partial charge is 0.237 e. The van der Waals surface area contributed by atoms with E-state index in [-0.39, 0.29) is 12.3 Å². The van der Waals surface area contributed by atoms with Gasteiger partial charge in [0.05, 0.1) is 6.04 Å². The Hall–Kier alpha value is -1.10. The molecule has 1 saturated carbocycles. The van der Waals surface area contributed by atoms with Gasteiger partial charge in [-0.2, -0.15) is 0 Å². The van der Waals surface area contributed by atoms with Crippen LogP contribution >= 0.6 is 0 Å². The van der Waals surface area contributed by atoms with Crippen LogP contribution in [-0.2, 0) is 9.59 Å². The number of nitrogens with two attached hydrogens (primary N) is 2. The van der Waals surface area contributed by atoms with Crippen molar-refractivity contribution in [2.45, 2.75) is 37.8 Å². The number of nitrogens with one attached hydrogen (secondary N) is 1. The van der Waals surface area contributed by atoms with Crippen molar-refractivity contribution in [3.8, 4) is 0 Å². The minimum Gasteiger partial charge on any atom is -0.370 e. The topological polar surface area (TPSA) is 98.2 Å². The van der Waals surface area contributed by atoms with E-state index in [2.05, 4.69) is 5.32 Å². The minimum absolute atomic E-state index is 0.166. The lowest BCUT2D eigenvalue weighted by Crippen LogP contribution is -2.42. The van der Waals surface area contributed by atoms with E-state index in [9.17, 15) is 9.59 Å².